The second kappa shape index (κ2) is 12.4. The third-order valence-electron chi connectivity index (χ3n) is 3.34. The van der Waals surface area contributed by atoms with Crippen LogP contribution in [0.1, 0.15) is 33.1 Å². The molecule has 0 saturated heterocycles. The zero-order chi connectivity index (χ0) is 20.3. The summed E-state index contributed by atoms with van der Waals surface area (Å²) in [5, 5.41) is 22.0. The van der Waals surface area contributed by atoms with Gasteiger partial charge in [0.15, 0.2) is 12.1 Å². The number of aliphatic imine (C=N–C) groups is 1. The van der Waals surface area contributed by atoms with Crippen LogP contribution in [-0.2, 0) is 14.4 Å². The number of hydrogen-bond acceptors (Lipinski definition) is 6. The van der Waals surface area contributed by atoms with Crippen molar-refractivity contribution < 1.29 is 24.6 Å². The molecule has 26 heavy (non-hydrogen) atoms. The first-order valence-electron chi connectivity index (χ1n) is 8.28. The number of aliphatic hydroxyl groups excluding tert-OH is 1. The summed E-state index contributed by atoms with van der Waals surface area (Å²) in [5.74, 6) is -2.69. The zero-order valence-corrected chi connectivity index (χ0v) is 15.9. The summed E-state index contributed by atoms with van der Waals surface area (Å²) in [7, 11) is 0. The van der Waals surface area contributed by atoms with E-state index in [1.807, 2.05) is 13.8 Å². The Morgan fingerprint density at radius 3 is 2.27 bits per heavy atom. The van der Waals surface area contributed by atoms with Gasteiger partial charge in [0.2, 0.25) is 5.91 Å². The summed E-state index contributed by atoms with van der Waals surface area (Å²) in [4.78, 5) is 38.9. The van der Waals surface area contributed by atoms with Gasteiger partial charge in [-0.05, 0) is 25.2 Å². The lowest BCUT2D eigenvalue weighted by Crippen LogP contribution is -2.52. The Bertz CT molecular complexity index is 511. The molecule has 0 aromatic rings. The number of amides is 2. The van der Waals surface area contributed by atoms with E-state index in [-0.39, 0.29) is 11.9 Å². The molecule has 0 bridgehead atoms. The minimum atomic E-state index is -1.86. The SMILES string of the molecule is CC(C)C[C@H](NC(=O)[C@@H](O)C(S)C(=O)O)C(=O)NCCCCN=C(N)N. The van der Waals surface area contributed by atoms with Gasteiger partial charge in [-0.25, -0.2) is 0 Å². The van der Waals surface area contributed by atoms with Crippen molar-refractivity contribution in [3.8, 4) is 0 Å². The predicted octanol–water partition coefficient (Wildman–Crippen LogP) is -1.57. The van der Waals surface area contributed by atoms with Gasteiger partial charge in [0.05, 0.1) is 0 Å². The minimum absolute atomic E-state index is 0.0103. The molecule has 0 aliphatic rings. The topological polar surface area (TPSA) is 180 Å². The standard InChI is InChI=1S/C15H29N5O5S/c1-8(2)7-9(20-13(23)10(21)11(26)14(24)25)12(22)18-5-3-4-6-19-15(16)17/h8-11,21,26H,3-7H2,1-2H3,(H,18,22)(H,20,23)(H,24,25)(H4,16,17,19)/t9-,10-,11?/m0/s1. The van der Waals surface area contributed by atoms with Crippen LogP contribution in [0.25, 0.3) is 0 Å². The van der Waals surface area contributed by atoms with Crippen molar-refractivity contribution in [2.45, 2.75) is 50.5 Å². The zero-order valence-electron chi connectivity index (χ0n) is 15.0. The van der Waals surface area contributed by atoms with Crippen LogP contribution in [-0.4, -0.2) is 64.4 Å². The van der Waals surface area contributed by atoms with Crippen LogP contribution in [0, 0.1) is 5.92 Å². The molecule has 10 nitrogen and oxygen atoms in total. The Balaban J connectivity index is 4.58. The number of aliphatic carboxylic acids is 1. The van der Waals surface area contributed by atoms with E-state index in [0.29, 0.717) is 32.4 Å². The number of nitrogens with one attached hydrogen (secondary N) is 2. The molecule has 150 valence electrons. The summed E-state index contributed by atoms with van der Waals surface area (Å²) in [6.07, 6.45) is -0.204. The van der Waals surface area contributed by atoms with Gasteiger partial charge in [0.25, 0.3) is 5.91 Å². The largest absolute Gasteiger partial charge is 0.480 e. The van der Waals surface area contributed by atoms with Crippen LogP contribution in [0.15, 0.2) is 4.99 Å². The molecule has 0 saturated carbocycles. The number of rotatable bonds is 12. The summed E-state index contributed by atoms with van der Waals surface area (Å²) in [5.41, 5.74) is 10.4. The third kappa shape index (κ3) is 10.1. The molecular formula is C15H29N5O5S. The second-order valence-electron chi connectivity index (χ2n) is 6.22. The van der Waals surface area contributed by atoms with Crippen LogP contribution >= 0.6 is 12.6 Å². The van der Waals surface area contributed by atoms with Crippen LogP contribution in [0.4, 0.5) is 0 Å². The Kier molecular flexibility index (Phi) is 11.4. The average molecular weight is 391 g/mol. The molecular weight excluding hydrogens is 362 g/mol. The van der Waals surface area contributed by atoms with E-state index in [1.54, 1.807) is 0 Å². The number of hydrogen-bond donors (Lipinski definition) is 7. The molecule has 3 atom stereocenters. The lowest BCUT2D eigenvalue weighted by molar-refractivity contribution is -0.143. The van der Waals surface area contributed by atoms with Crippen LogP contribution < -0.4 is 22.1 Å². The van der Waals surface area contributed by atoms with E-state index in [4.69, 9.17) is 16.6 Å². The number of nitrogens with two attached hydrogens (primary N) is 2. The van der Waals surface area contributed by atoms with Crippen molar-refractivity contribution in [2.24, 2.45) is 22.4 Å². The number of unbranched alkanes of at least 4 members (excludes halogenated alkanes) is 1. The van der Waals surface area contributed by atoms with Gasteiger partial charge in [-0.1, -0.05) is 13.8 Å². The predicted molar refractivity (Wildman–Crippen MR) is 101 cm³/mol. The number of carbonyl (C=O) groups is 3. The third-order valence-corrected chi connectivity index (χ3v) is 3.84. The smallest absolute Gasteiger partial charge is 0.319 e. The quantitative estimate of drug-likeness (QED) is 0.0908. The number of guanidine groups is 1. The van der Waals surface area contributed by atoms with Gasteiger partial charge in [-0.3, -0.25) is 19.4 Å². The van der Waals surface area contributed by atoms with Gasteiger partial charge >= 0.3 is 5.97 Å². The normalized spacial score (nSPS) is 14.2. The highest BCUT2D eigenvalue weighted by molar-refractivity contribution is 7.81. The van der Waals surface area contributed by atoms with E-state index >= 15 is 0 Å². The minimum Gasteiger partial charge on any atom is -0.480 e. The molecule has 0 aromatic heterocycles. The molecule has 1 unspecified atom stereocenters. The van der Waals surface area contributed by atoms with Crippen LogP contribution in [0.3, 0.4) is 0 Å². The first-order chi connectivity index (χ1) is 12.1. The maximum absolute atomic E-state index is 12.3. The fourth-order valence-corrected chi connectivity index (χ4v) is 2.15. The summed E-state index contributed by atoms with van der Waals surface area (Å²) >= 11 is 3.67. The molecule has 0 fully saturated rings. The van der Waals surface area contributed by atoms with E-state index in [0.717, 1.165) is 0 Å². The number of carboxylic acids is 1. The number of thiol groups is 1. The summed E-state index contributed by atoms with van der Waals surface area (Å²) in [6, 6.07) is -0.885. The molecule has 8 N–H and O–H groups in total. The number of carbonyl (C=O) groups excluding carboxylic acids is 2. The Morgan fingerprint density at radius 2 is 1.77 bits per heavy atom. The van der Waals surface area contributed by atoms with Crippen LogP contribution in [0.2, 0.25) is 0 Å². The Labute approximate surface area is 158 Å². The number of aliphatic hydroxyl groups is 1. The molecule has 0 rings (SSSR count). The van der Waals surface area contributed by atoms with Gasteiger partial charge in [0, 0.05) is 13.1 Å². The average Bonchev–Trinajstić information content (AvgIpc) is 2.54. The van der Waals surface area contributed by atoms with E-state index < -0.39 is 35.2 Å². The molecule has 11 heteroatoms. The first kappa shape index (κ1) is 24.0. The number of nitrogens with zero attached hydrogens (tertiary/aromatic N) is 1. The summed E-state index contributed by atoms with van der Waals surface area (Å²) in [6.45, 7) is 4.57. The fourth-order valence-electron chi connectivity index (χ4n) is 2.02. The molecule has 0 radical (unpaired) electrons. The fraction of sp³-hybridized carbons (Fsp3) is 0.733. The van der Waals surface area contributed by atoms with Gasteiger partial charge in [-0.15, -0.1) is 0 Å². The monoisotopic (exact) mass is 391 g/mol. The van der Waals surface area contributed by atoms with E-state index in [1.165, 1.54) is 0 Å². The van der Waals surface area contributed by atoms with Crippen molar-refractivity contribution in [3.05, 3.63) is 0 Å². The molecule has 0 aliphatic heterocycles. The van der Waals surface area contributed by atoms with Gasteiger partial charge < -0.3 is 32.3 Å². The lowest BCUT2D eigenvalue weighted by atomic mass is 10.0. The van der Waals surface area contributed by atoms with E-state index in [9.17, 15) is 19.5 Å². The first-order valence-corrected chi connectivity index (χ1v) is 8.80. The van der Waals surface area contributed by atoms with Crippen molar-refractivity contribution >= 4 is 36.4 Å². The molecule has 0 aliphatic carbocycles. The molecule has 2 amide bonds. The highest BCUT2D eigenvalue weighted by atomic mass is 32.1. The number of carboxylic acid groups (broad SMARTS) is 1. The van der Waals surface area contributed by atoms with Crippen molar-refractivity contribution in [1.82, 2.24) is 10.6 Å². The molecule has 0 spiro atoms. The highest BCUT2D eigenvalue weighted by Crippen LogP contribution is 2.08. The maximum Gasteiger partial charge on any atom is 0.319 e. The van der Waals surface area contributed by atoms with Gasteiger partial charge in [-0.2, -0.15) is 12.6 Å². The van der Waals surface area contributed by atoms with E-state index in [2.05, 4.69) is 28.3 Å². The Hall–Kier alpha value is -2.01. The highest BCUT2D eigenvalue weighted by Gasteiger charge is 2.31. The van der Waals surface area contributed by atoms with Crippen molar-refractivity contribution in [2.75, 3.05) is 13.1 Å². The second-order valence-corrected chi connectivity index (χ2v) is 6.78. The lowest BCUT2D eigenvalue weighted by Gasteiger charge is -2.22. The Morgan fingerprint density at radius 1 is 1.15 bits per heavy atom. The molecule has 0 aromatic carbocycles. The van der Waals surface area contributed by atoms with Crippen molar-refractivity contribution in [1.29, 1.82) is 0 Å². The molecule has 0 heterocycles. The van der Waals surface area contributed by atoms with Crippen LogP contribution in [0.5, 0.6) is 0 Å². The summed E-state index contributed by atoms with van der Waals surface area (Å²) < 4.78 is 0. The van der Waals surface area contributed by atoms with Crippen molar-refractivity contribution in [3.63, 3.8) is 0 Å². The van der Waals surface area contributed by atoms with Gasteiger partial charge in [0.1, 0.15) is 11.3 Å². The maximum atomic E-state index is 12.3.